The van der Waals surface area contributed by atoms with E-state index in [0.29, 0.717) is 11.6 Å². The molecule has 1 aromatic carbocycles. The van der Waals surface area contributed by atoms with Crippen molar-refractivity contribution in [1.82, 2.24) is 14.8 Å². The maximum absolute atomic E-state index is 5.94. The molecular weight excluding hydrogens is 350 g/mol. The zero-order chi connectivity index (χ0) is 16.1. The number of thioether (sulfide) groups is 1. The van der Waals surface area contributed by atoms with E-state index >= 15 is 0 Å². The molecule has 3 rings (SSSR count). The molecule has 0 fully saturated rings. The smallest absolute Gasteiger partial charge is 0.191 e. The van der Waals surface area contributed by atoms with Crippen LogP contribution in [0.25, 0.3) is 10.7 Å². The van der Waals surface area contributed by atoms with Crippen LogP contribution < -0.4 is 4.74 Å². The van der Waals surface area contributed by atoms with E-state index in [1.807, 2.05) is 30.3 Å². The zero-order valence-electron chi connectivity index (χ0n) is 12.6. The van der Waals surface area contributed by atoms with Gasteiger partial charge in [-0.1, -0.05) is 35.5 Å². The van der Waals surface area contributed by atoms with E-state index in [-0.39, 0.29) is 0 Å². The van der Waals surface area contributed by atoms with E-state index in [9.17, 15) is 0 Å². The second-order valence-electron chi connectivity index (χ2n) is 4.68. The van der Waals surface area contributed by atoms with E-state index in [2.05, 4.69) is 33.1 Å². The van der Waals surface area contributed by atoms with Crippen molar-refractivity contribution in [3.05, 3.63) is 46.8 Å². The molecule has 0 saturated carbocycles. The second-order valence-corrected chi connectivity index (χ2v) is 7.13. The summed E-state index contributed by atoms with van der Waals surface area (Å²) in [5.74, 6) is 2.52. The molecule has 0 amide bonds. The summed E-state index contributed by atoms with van der Waals surface area (Å²) in [6, 6.07) is 11.5. The minimum absolute atomic E-state index is 0.593. The van der Waals surface area contributed by atoms with Gasteiger partial charge in [0.25, 0.3) is 0 Å². The molecule has 0 unspecified atom stereocenters. The first-order chi connectivity index (χ1) is 11.3. The molecule has 0 bridgehead atoms. The van der Waals surface area contributed by atoms with Gasteiger partial charge in [0.15, 0.2) is 11.0 Å². The largest absolute Gasteiger partial charge is 0.493 e. The summed E-state index contributed by atoms with van der Waals surface area (Å²) in [4.78, 5) is 1.14. The van der Waals surface area contributed by atoms with Crippen LogP contribution >= 0.6 is 34.7 Å². The van der Waals surface area contributed by atoms with E-state index in [0.717, 1.165) is 33.9 Å². The Morgan fingerprint density at radius 2 is 2.17 bits per heavy atom. The molecule has 0 aliphatic carbocycles. The van der Waals surface area contributed by atoms with Crippen molar-refractivity contribution >= 4 is 34.7 Å². The zero-order valence-corrected chi connectivity index (χ0v) is 15.0. The van der Waals surface area contributed by atoms with E-state index < -0.39 is 0 Å². The molecular formula is C16H16ClN3OS2. The molecule has 0 atom stereocenters. The van der Waals surface area contributed by atoms with Crippen molar-refractivity contribution in [2.24, 2.45) is 0 Å². The highest BCUT2D eigenvalue weighted by Gasteiger charge is 2.13. The molecule has 0 saturated heterocycles. The monoisotopic (exact) mass is 365 g/mol. The summed E-state index contributed by atoms with van der Waals surface area (Å²) in [5.41, 5.74) is 0. The fourth-order valence-electron chi connectivity index (χ4n) is 2.12. The first-order valence-corrected chi connectivity index (χ1v) is 9.50. The van der Waals surface area contributed by atoms with Crippen LogP contribution in [0.4, 0.5) is 0 Å². The molecule has 0 radical (unpaired) electrons. The van der Waals surface area contributed by atoms with Crippen LogP contribution in [-0.4, -0.2) is 27.1 Å². The van der Waals surface area contributed by atoms with Gasteiger partial charge in [-0.3, -0.25) is 0 Å². The first-order valence-electron chi connectivity index (χ1n) is 7.26. The maximum atomic E-state index is 5.94. The molecule has 23 heavy (non-hydrogen) atoms. The number of nitrogens with zero attached hydrogens (tertiary/aromatic N) is 3. The fraction of sp³-hybridized carbons (Fsp3) is 0.250. The van der Waals surface area contributed by atoms with Crippen molar-refractivity contribution in [2.75, 3.05) is 12.4 Å². The number of ether oxygens (including phenoxy) is 1. The lowest BCUT2D eigenvalue weighted by atomic mass is 10.3. The van der Waals surface area contributed by atoms with Gasteiger partial charge in [0, 0.05) is 17.3 Å². The number of thiophene rings is 1. The van der Waals surface area contributed by atoms with Gasteiger partial charge in [0.2, 0.25) is 0 Å². The van der Waals surface area contributed by atoms with Crippen molar-refractivity contribution in [3.63, 3.8) is 0 Å². The Hall–Kier alpha value is -1.50. The third kappa shape index (κ3) is 4.07. The van der Waals surface area contributed by atoms with Crippen molar-refractivity contribution in [1.29, 1.82) is 0 Å². The van der Waals surface area contributed by atoms with E-state index in [1.165, 1.54) is 0 Å². The van der Waals surface area contributed by atoms with Gasteiger partial charge in [-0.05, 0) is 36.6 Å². The van der Waals surface area contributed by atoms with Crippen LogP contribution in [0.1, 0.15) is 6.92 Å². The topological polar surface area (TPSA) is 39.9 Å². The molecule has 0 aliphatic heterocycles. The predicted octanol–water partition coefficient (Wildman–Crippen LogP) is 4.85. The standard InChI is InChI=1S/C16H16ClN3OS2/c1-2-20-15(14-7-4-9-22-14)18-19-16(20)23-10-8-21-13-6-3-5-12(17)11-13/h3-7,9,11H,2,8,10H2,1H3. The minimum atomic E-state index is 0.593. The summed E-state index contributed by atoms with van der Waals surface area (Å²) in [5, 5.41) is 12.3. The molecule has 0 spiro atoms. The van der Waals surface area contributed by atoms with Crippen LogP contribution in [0.5, 0.6) is 5.75 Å². The predicted molar refractivity (Wildman–Crippen MR) is 96.7 cm³/mol. The lowest BCUT2D eigenvalue weighted by Gasteiger charge is -2.07. The Morgan fingerprint density at radius 1 is 1.26 bits per heavy atom. The highest BCUT2D eigenvalue weighted by molar-refractivity contribution is 7.99. The van der Waals surface area contributed by atoms with Gasteiger partial charge in [-0.25, -0.2) is 0 Å². The Bertz CT molecular complexity index is 759. The third-order valence-electron chi connectivity index (χ3n) is 3.15. The molecule has 0 N–H and O–H groups in total. The molecule has 4 nitrogen and oxygen atoms in total. The van der Waals surface area contributed by atoms with Gasteiger partial charge in [0.1, 0.15) is 5.75 Å². The lowest BCUT2D eigenvalue weighted by Crippen LogP contribution is -2.03. The van der Waals surface area contributed by atoms with Gasteiger partial charge < -0.3 is 9.30 Å². The average molecular weight is 366 g/mol. The number of hydrogen-bond acceptors (Lipinski definition) is 5. The van der Waals surface area contributed by atoms with E-state index in [4.69, 9.17) is 16.3 Å². The number of benzene rings is 1. The Kier molecular flexibility index (Phi) is 5.59. The highest BCUT2D eigenvalue weighted by Crippen LogP contribution is 2.27. The summed E-state index contributed by atoms with van der Waals surface area (Å²) < 4.78 is 7.84. The summed E-state index contributed by atoms with van der Waals surface area (Å²) in [6.45, 7) is 3.54. The van der Waals surface area contributed by atoms with Gasteiger partial charge in [0.05, 0.1) is 11.5 Å². The van der Waals surface area contributed by atoms with Crippen molar-refractivity contribution in [2.45, 2.75) is 18.6 Å². The average Bonchev–Trinajstić information content (AvgIpc) is 3.20. The summed E-state index contributed by atoms with van der Waals surface area (Å²) >= 11 is 9.26. The molecule has 2 heterocycles. The van der Waals surface area contributed by atoms with Crippen LogP contribution in [0.3, 0.4) is 0 Å². The van der Waals surface area contributed by atoms with E-state index in [1.54, 1.807) is 23.1 Å². The first kappa shape index (κ1) is 16.4. The van der Waals surface area contributed by atoms with Crippen molar-refractivity contribution < 1.29 is 4.74 Å². The normalized spacial score (nSPS) is 10.9. The molecule has 3 aromatic rings. The molecule has 0 aliphatic rings. The molecule has 2 aromatic heterocycles. The van der Waals surface area contributed by atoms with Crippen LogP contribution in [-0.2, 0) is 6.54 Å². The number of aromatic nitrogens is 3. The van der Waals surface area contributed by atoms with Crippen LogP contribution in [0.2, 0.25) is 5.02 Å². The highest BCUT2D eigenvalue weighted by atomic mass is 35.5. The number of rotatable bonds is 7. The molecule has 7 heteroatoms. The summed E-state index contributed by atoms with van der Waals surface area (Å²) in [7, 11) is 0. The number of halogens is 1. The van der Waals surface area contributed by atoms with Crippen molar-refractivity contribution in [3.8, 4) is 16.5 Å². The summed E-state index contributed by atoms with van der Waals surface area (Å²) in [6.07, 6.45) is 0. The molecule has 120 valence electrons. The van der Waals surface area contributed by atoms with Crippen LogP contribution in [0, 0.1) is 0 Å². The Balaban J connectivity index is 1.58. The van der Waals surface area contributed by atoms with Gasteiger partial charge >= 0.3 is 0 Å². The third-order valence-corrected chi connectivity index (χ3v) is 5.19. The van der Waals surface area contributed by atoms with Gasteiger partial charge in [-0.2, -0.15) is 0 Å². The minimum Gasteiger partial charge on any atom is -0.493 e. The Morgan fingerprint density at radius 3 is 2.91 bits per heavy atom. The quantitative estimate of drug-likeness (QED) is 0.443. The lowest BCUT2D eigenvalue weighted by molar-refractivity contribution is 0.344. The number of hydrogen-bond donors (Lipinski definition) is 0. The van der Waals surface area contributed by atoms with Gasteiger partial charge in [-0.15, -0.1) is 21.5 Å². The maximum Gasteiger partial charge on any atom is 0.191 e. The second kappa shape index (κ2) is 7.86. The SMILES string of the molecule is CCn1c(SCCOc2cccc(Cl)c2)nnc1-c1cccs1. The Labute approximate surface area is 148 Å². The van der Waals surface area contributed by atoms with Crippen LogP contribution in [0.15, 0.2) is 46.9 Å². The fourth-order valence-corrected chi connectivity index (χ4v) is 3.83.